The molecular weight excluding hydrogens is 250 g/mol. The number of hydrogen-bond acceptors (Lipinski definition) is 4. The molecule has 20 heavy (non-hydrogen) atoms. The van der Waals surface area contributed by atoms with Crippen LogP contribution in [-0.4, -0.2) is 28.2 Å². The third-order valence-electron chi connectivity index (χ3n) is 5.02. The van der Waals surface area contributed by atoms with Gasteiger partial charge < -0.3 is 10.1 Å². The van der Waals surface area contributed by atoms with Crippen molar-refractivity contribution in [2.24, 2.45) is 0 Å². The number of aromatic nitrogens is 2. The molecule has 4 nitrogen and oxygen atoms in total. The minimum atomic E-state index is 0.370. The second-order valence-corrected chi connectivity index (χ2v) is 6.60. The molecule has 1 saturated carbocycles. The minimum Gasteiger partial charge on any atom is -0.374 e. The van der Waals surface area contributed by atoms with E-state index in [-0.39, 0.29) is 0 Å². The second-order valence-electron chi connectivity index (χ2n) is 6.60. The van der Waals surface area contributed by atoms with Crippen LogP contribution >= 0.6 is 0 Å². The first-order valence-corrected chi connectivity index (χ1v) is 7.93. The summed E-state index contributed by atoms with van der Waals surface area (Å²) in [5, 5.41) is 3.57. The Morgan fingerprint density at radius 3 is 2.40 bits per heavy atom. The minimum absolute atomic E-state index is 0.370. The van der Waals surface area contributed by atoms with Crippen molar-refractivity contribution < 1.29 is 4.74 Å². The van der Waals surface area contributed by atoms with E-state index in [0.29, 0.717) is 18.1 Å². The number of aryl methyl sites for hydroxylation is 2. The first kappa shape index (κ1) is 12.7. The first-order valence-electron chi connectivity index (χ1n) is 7.93. The summed E-state index contributed by atoms with van der Waals surface area (Å²) < 4.78 is 5.94. The van der Waals surface area contributed by atoms with Gasteiger partial charge in [0.1, 0.15) is 5.82 Å². The molecule has 3 fully saturated rings. The third kappa shape index (κ3) is 2.25. The molecule has 2 saturated heterocycles. The van der Waals surface area contributed by atoms with Crippen molar-refractivity contribution >= 4 is 0 Å². The lowest BCUT2D eigenvalue weighted by atomic mass is 9.88. The maximum atomic E-state index is 5.94. The molecule has 0 spiro atoms. The lowest BCUT2D eigenvalue weighted by Gasteiger charge is -2.19. The Hall–Kier alpha value is -1.00. The Morgan fingerprint density at radius 2 is 1.85 bits per heavy atom. The van der Waals surface area contributed by atoms with E-state index in [4.69, 9.17) is 14.7 Å². The van der Waals surface area contributed by atoms with Crippen molar-refractivity contribution in [3.63, 3.8) is 0 Å². The molecule has 0 amide bonds. The molecular formula is C16H23N3O. The van der Waals surface area contributed by atoms with Gasteiger partial charge in [-0.05, 0) is 46.0 Å². The molecule has 3 aliphatic rings. The third-order valence-corrected chi connectivity index (χ3v) is 5.02. The highest BCUT2D eigenvalue weighted by molar-refractivity contribution is 5.26. The molecule has 1 aromatic rings. The zero-order valence-electron chi connectivity index (χ0n) is 12.4. The predicted molar refractivity (Wildman–Crippen MR) is 76.6 cm³/mol. The molecule has 3 atom stereocenters. The van der Waals surface area contributed by atoms with Crippen molar-refractivity contribution in [1.82, 2.24) is 15.3 Å². The fraction of sp³-hybridized carbons (Fsp3) is 0.750. The highest BCUT2D eigenvalue weighted by Crippen LogP contribution is 2.43. The Balaban J connectivity index is 1.55. The average Bonchev–Trinajstić information content (AvgIpc) is 3.01. The smallest absolute Gasteiger partial charge is 0.134 e. The molecule has 4 heteroatoms. The lowest BCUT2D eigenvalue weighted by Crippen LogP contribution is -2.21. The molecule has 2 bridgehead atoms. The number of ether oxygens (including phenoxy) is 1. The van der Waals surface area contributed by atoms with Crippen molar-refractivity contribution in [3.05, 3.63) is 22.8 Å². The Labute approximate surface area is 120 Å². The molecule has 3 heterocycles. The van der Waals surface area contributed by atoms with E-state index in [0.717, 1.165) is 36.2 Å². The lowest BCUT2D eigenvalue weighted by molar-refractivity contribution is 0.0998. The monoisotopic (exact) mass is 273 g/mol. The quantitative estimate of drug-likeness (QED) is 0.915. The van der Waals surface area contributed by atoms with Crippen LogP contribution in [0.3, 0.4) is 0 Å². The SMILES string of the molecule is Cc1nc(C2CC3CCC2O3)nc(C)c1CNC1CC1. The number of fused-ring (bicyclic) bond motifs is 2. The van der Waals surface area contributed by atoms with Crippen LogP contribution in [0.25, 0.3) is 0 Å². The molecule has 108 valence electrons. The summed E-state index contributed by atoms with van der Waals surface area (Å²) in [7, 11) is 0. The van der Waals surface area contributed by atoms with Crippen molar-refractivity contribution in [2.45, 2.75) is 76.7 Å². The summed E-state index contributed by atoms with van der Waals surface area (Å²) >= 11 is 0. The molecule has 0 aromatic carbocycles. The molecule has 2 aliphatic heterocycles. The maximum Gasteiger partial charge on any atom is 0.134 e. The normalized spacial score (nSPS) is 32.0. The van der Waals surface area contributed by atoms with Gasteiger partial charge in [-0.1, -0.05) is 0 Å². The van der Waals surface area contributed by atoms with E-state index in [9.17, 15) is 0 Å². The summed E-state index contributed by atoms with van der Waals surface area (Å²) in [6.45, 7) is 5.15. The molecule has 4 rings (SSSR count). The fourth-order valence-corrected chi connectivity index (χ4v) is 3.63. The first-order chi connectivity index (χ1) is 9.70. The largest absolute Gasteiger partial charge is 0.374 e. The van der Waals surface area contributed by atoms with E-state index >= 15 is 0 Å². The predicted octanol–water partition coefficient (Wildman–Crippen LogP) is 2.38. The second kappa shape index (κ2) is 4.78. The summed E-state index contributed by atoms with van der Waals surface area (Å²) in [6.07, 6.45) is 6.99. The van der Waals surface area contributed by atoms with Crippen LogP contribution < -0.4 is 5.32 Å². The van der Waals surface area contributed by atoms with Gasteiger partial charge in [-0.25, -0.2) is 9.97 Å². The number of nitrogens with one attached hydrogen (secondary N) is 1. The van der Waals surface area contributed by atoms with Crippen LogP contribution in [-0.2, 0) is 11.3 Å². The average molecular weight is 273 g/mol. The van der Waals surface area contributed by atoms with Crippen LogP contribution in [0.1, 0.15) is 60.8 Å². The Bertz CT molecular complexity index is 503. The molecule has 1 N–H and O–H groups in total. The molecule has 1 aliphatic carbocycles. The summed E-state index contributed by atoms with van der Waals surface area (Å²) in [5.41, 5.74) is 3.57. The zero-order valence-corrected chi connectivity index (χ0v) is 12.4. The van der Waals surface area contributed by atoms with Gasteiger partial charge in [0.2, 0.25) is 0 Å². The zero-order chi connectivity index (χ0) is 13.7. The van der Waals surface area contributed by atoms with Crippen LogP contribution in [0.5, 0.6) is 0 Å². The summed E-state index contributed by atoms with van der Waals surface area (Å²) in [6, 6.07) is 0.729. The van der Waals surface area contributed by atoms with Gasteiger partial charge in [-0.3, -0.25) is 0 Å². The van der Waals surface area contributed by atoms with Gasteiger partial charge in [0, 0.05) is 35.5 Å². The highest BCUT2D eigenvalue weighted by atomic mass is 16.5. The van der Waals surface area contributed by atoms with Gasteiger partial charge in [-0.2, -0.15) is 0 Å². The van der Waals surface area contributed by atoms with E-state index < -0.39 is 0 Å². The number of nitrogens with zero attached hydrogens (tertiary/aromatic N) is 2. The standard InChI is InChI=1S/C16H23N3O/c1-9-14(8-17-11-3-4-11)10(2)19-16(18-9)13-7-12-5-6-15(13)20-12/h11-13,15,17H,3-8H2,1-2H3. The maximum absolute atomic E-state index is 5.94. The molecule has 0 radical (unpaired) electrons. The van der Waals surface area contributed by atoms with Crippen LogP contribution in [0, 0.1) is 13.8 Å². The van der Waals surface area contributed by atoms with Gasteiger partial charge in [0.05, 0.1) is 12.2 Å². The highest BCUT2D eigenvalue weighted by Gasteiger charge is 2.43. The number of hydrogen-bond donors (Lipinski definition) is 1. The fourth-order valence-electron chi connectivity index (χ4n) is 3.63. The van der Waals surface area contributed by atoms with Crippen molar-refractivity contribution in [3.8, 4) is 0 Å². The van der Waals surface area contributed by atoms with E-state index in [2.05, 4.69) is 19.2 Å². The Morgan fingerprint density at radius 1 is 1.10 bits per heavy atom. The summed E-state index contributed by atoms with van der Waals surface area (Å²) in [4.78, 5) is 9.60. The van der Waals surface area contributed by atoms with Crippen LogP contribution in [0.2, 0.25) is 0 Å². The topological polar surface area (TPSA) is 47.0 Å². The number of rotatable bonds is 4. The Kier molecular flexibility index (Phi) is 3.04. The van der Waals surface area contributed by atoms with Crippen LogP contribution in [0.4, 0.5) is 0 Å². The van der Waals surface area contributed by atoms with Gasteiger partial charge in [0.15, 0.2) is 0 Å². The van der Waals surface area contributed by atoms with Crippen molar-refractivity contribution in [2.75, 3.05) is 0 Å². The summed E-state index contributed by atoms with van der Waals surface area (Å²) in [5.74, 6) is 1.44. The van der Waals surface area contributed by atoms with E-state index in [1.54, 1.807) is 0 Å². The van der Waals surface area contributed by atoms with Gasteiger partial charge in [0.25, 0.3) is 0 Å². The van der Waals surface area contributed by atoms with E-state index in [1.807, 2.05) is 0 Å². The van der Waals surface area contributed by atoms with Crippen molar-refractivity contribution in [1.29, 1.82) is 0 Å². The van der Waals surface area contributed by atoms with Gasteiger partial charge in [-0.15, -0.1) is 0 Å². The molecule has 3 unspecified atom stereocenters. The van der Waals surface area contributed by atoms with Gasteiger partial charge >= 0.3 is 0 Å². The van der Waals surface area contributed by atoms with Crippen LogP contribution in [0.15, 0.2) is 0 Å². The van der Waals surface area contributed by atoms with E-state index in [1.165, 1.54) is 31.2 Å². The molecule has 1 aromatic heterocycles.